The Morgan fingerprint density at radius 2 is 1.84 bits per heavy atom. The fraction of sp³-hybridized carbons (Fsp3) is 0.350. The number of carbonyl (C=O) groups is 1. The quantitative estimate of drug-likeness (QED) is 0.820. The van der Waals surface area contributed by atoms with Crippen molar-refractivity contribution in [3.63, 3.8) is 0 Å². The van der Waals surface area contributed by atoms with Gasteiger partial charge in [0.1, 0.15) is 12.4 Å². The van der Waals surface area contributed by atoms with E-state index in [0.29, 0.717) is 24.7 Å². The molecule has 2 aromatic rings. The van der Waals surface area contributed by atoms with Gasteiger partial charge in [-0.05, 0) is 38.5 Å². The summed E-state index contributed by atoms with van der Waals surface area (Å²) in [5.74, 6) is 2.07. The zero-order valence-corrected chi connectivity index (χ0v) is 14.8. The van der Waals surface area contributed by atoms with Crippen molar-refractivity contribution in [3.05, 3.63) is 53.6 Å². The molecule has 1 aliphatic heterocycles. The van der Waals surface area contributed by atoms with Crippen molar-refractivity contribution in [2.24, 2.45) is 0 Å². The van der Waals surface area contributed by atoms with E-state index in [1.165, 1.54) is 5.56 Å². The van der Waals surface area contributed by atoms with Crippen molar-refractivity contribution in [2.75, 3.05) is 19.9 Å². The van der Waals surface area contributed by atoms with Crippen LogP contribution >= 0.6 is 0 Å². The van der Waals surface area contributed by atoms with E-state index in [-0.39, 0.29) is 12.7 Å². The summed E-state index contributed by atoms with van der Waals surface area (Å²) in [5.41, 5.74) is 1.58. The lowest BCUT2D eigenvalue weighted by atomic mass is 9.83. The number of carbonyl (C=O) groups excluding carboxylic acids is 1. The molecule has 5 heteroatoms. The minimum absolute atomic E-state index is 0.0226. The van der Waals surface area contributed by atoms with Gasteiger partial charge in [-0.2, -0.15) is 0 Å². The molecule has 1 aliphatic rings. The second-order valence-electron chi connectivity index (χ2n) is 6.61. The number of benzene rings is 2. The van der Waals surface area contributed by atoms with Gasteiger partial charge in [0.05, 0.1) is 12.0 Å². The van der Waals surface area contributed by atoms with Crippen molar-refractivity contribution in [1.29, 1.82) is 0 Å². The molecule has 5 nitrogen and oxygen atoms in total. The van der Waals surface area contributed by atoms with E-state index in [0.717, 1.165) is 11.3 Å². The van der Waals surface area contributed by atoms with Crippen molar-refractivity contribution < 1.29 is 19.0 Å². The Bertz CT molecular complexity index is 753. The summed E-state index contributed by atoms with van der Waals surface area (Å²) in [6.07, 6.45) is 0. The molecule has 0 atom stereocenters. The molecule has 0 unspecified atom stereocenters. The molecule has 1 N–H and O–H groups in total. The van der Waals surface area contributed by atoms with E-state index in [4.69, 9.17) is 14.2 Å². The van der Waals surface area contributed by atoms with Crippen molar-refractivity contribution in [2.45, 2.75) is 26.2 Å². The minimum atomic E-state index is -0.591. The van der Waals surface area contributed by atoms with Crippen LogP contribution in [0.3, 0.4) is 0 Å². The van der Waals surface area contributed by atoms with Crippen LogP contribution in [0.2, 0.25) is 0 Å². The third-order valence-electron chi connectivity index (χ3n) is 4.34. The van der Waals surface area contributed by atoms with E-state index in [1.54, 1.807) is 6.07 Å². The first-order valence-electron chi connectivity index (χ1n) is 8.35. The molecule has 0 fully saturated rings. The first-order chi connectivity index (χ1) is 12.0. The molecule has 0 aromatic heterocycles. The third-order valence-corrected chi connectivity index (χ3v) is 4.34. The number of aryl methyl sites for hydroxylation is 1. The minimum Gasteiger partial charge on any atom is -0.492 e. The maximum absolute atomic E-state index is 12.5. The van der Waals surface area contributed by atoms with Crippen LogP contribution in [0, 0.1) is 6.92 Å². The van der Waals surface area contributed by atoms with E-state index in [2.05, 4.69) is 5.32 Å². The Kier molecular flexibility index (Phi) is 4.83. The fourth-order valence-corrected chi connectivity index (χ4v) is 2.62. The maximum Gasteiger partial charge on any atom is 0.231 e. The molecule has 0 saturated heterocycles. The SMILES string of the molecule is Cc1ccc(C(C)(C)C(=O)NCCOc2ccc3c(c2)OCO3)cc1. The summed E-state index contributed by atoms with van der Waals surface area (Å²) in [6.45, 7) is 6.93. The van der Waals surface area contributed by atoms with Gasteiger partial charge in [-0.15, -0.1) is 0 Å². The second kappa shape index (κ2) is 7.05. The largest absolute Gasteiger partial charge is 0.492 e. The first-order valence-corrected chi connectivity index (χ1v) is 8.35. The molecule has 0 radical (unpaired) electrons. The summed E-state index contributed by atoms with van der Waals surface area (Å²) < 4.78 is 16.2. The Balaban J connectivity index is 1.49. The number of ether oxygens (including phenoxy) is 3. The highest BCUT2D eigenvalue weighted by Crippen LogP contribution is 2.35. The van der Waals surface area contributed by atoms with Gasteiger partial charge in [-0.1, -0.05) is 29.8 Å². The average molecular weight is 341 g/mol. The van der Waals surface area contributed by atoms with Gasteiger partial charge in [-0.25, -0.2) is 0 Å². The fourth-order valence-electron chi connectivity index (χ4n) is 2.62. The Morgan fingerprint density at radius 3 is 2.60 bits per heavy atom. The van der Waals surface area contributed by atoms with Gasteiger partial charge in [0, 0.05) is 6.07 Å². The monoisotopic (exact) mass is 341 g/mol. The van der Waals surface area contributed by atoms with Gasteiger partial charge < -0.3 is 19.5 Å². The van der Waals surface area contributed by atoms with Crippen LogP contribution in [0.4, 0.5) is 0 Å². The molecular formula is C20H23NO4. The number of fused-ring (bicyclic) bond motifs is 1. The summed E-state index contributed by atoms with van der Waals surface area (Å²) in [6, 6.07) is 13.5. The molecule has 25 heavy (non-hydrogen) atoms. The van der Waals surface area contributed by atoms with Gasteiger partial charge in [0.25, 0.3) is 0 Å². The zero-order valence-electron chi connectivity index (χ0n) is 14.8. The Morgan fingerprint density at radius 1 is 1.12 bits per heavy atom. The molecule has 0 saturated carbocycles. The van der Waals surface area contributed by atoms with Crippen molar-refractivity contribution >= 4 is 5.91 Å². The van der Waals surface area contributed by atoms with E-state index in [1.807, 2.05) is 57.2 Å². The number of hydrogen-bond donors (Lipinski definition) is 1. The van der Waals surface area contributed by atoms with Gasteiger partial charge in [0.2, 0.25) is 12.7 Å². The first kappa shape index (κ1) is 17.1. The lowest BCUT2D eigenvalue weighted by molar-refractivity contribution is -0.125. The maximum atomic E-state index is 12.5. The van der Waals surface area contributed by atoms with Crippen LogP contribution in [-0.2, 0) is 10.2 Å². The van der Waals surface area contributed by atoms with Crippen molar-refractivity contribution in [3.8, 4) is 17.2 Å². The number of rotatable bonds is 6. The predicted molar refractivity (Wildman–Crippen MR) is 95.3 cm³/mol. The summed E-state index contributed by atoms with van der Waals surface area (Å²) in [4.78, 5) is 12.5. The summed E-state index contributed by atoms with van der Waals surface area (Å²) in [5, 5.41) is 2.94. The van der Waals surface area contributed by atoms with Crippen LogP contribution in [0.5, 0.6) is 17.2 Å². The normalized spacial score (nSPS) is 12.8. The standard InChI is InChI=1S/C20H23NO4/c1-14-4-6-15(7-5-14)20(2,3)19(22)21-10-11-23-16-8-9-17-18(12-16)25-13-24-17/h4-9,12H,10-11,13H2,1-3H3,(H,21,22). The van der Waals surface area contributed by atoms with E-state index in [9.17, 15) is 4.79 Å². The number of nitrogens with one attached hydrogen (secondary N) is 1. The van der Waals surface area contributed by atoms with E-state index < -0.39 is 5.41 Å². The van der Waals surface area contributed by atoms with Crippen LogP contribution in [0.25, 0.3) is 0 Å². The highest BCUT2D eigenvalue weighted by atomic mass is 16.7. The Hall–Kier alpha value is -2.69. The number of hydrogen-bond acceptors (Lipinski definition) is 4. The third kappa shape index (κ3) is 3.87. The molecule has 0 spiro atoms. The molecule has 0 aliphatic carbocycles. The van der Waals surface area contributed by atoms with E-state index >= 15 is 0 Å². The second-order valence-corrected chi connectivity index (χ2v) is 6.61. The van der Waals surface area contributed by atoms with Gasteiger partial charge in [0.15, 0.2) is 11.5 Å². The average Bonchev–Trinajstić information content (AvgIpc) is 3.06. The molecule has 0 bridgehead atoms. The topological polar surface area (TPSA) is 56.8 Å². The zero-order chi connectivity index (χ0) is 17.9. The lowest BCUT2D eigenvalue weighted by Gasteiger charge is -2.24. The van der Waals surface area contributed by atoms with Crippen molar-refractivity contribution in [1.82, 2.24) is 5.32 Å². The molecule has 3 rings (SSSR count). The van der Waals surface area contributed by atoms with Crippen LogP contribution in [0.1, 0.15) is 25.0 Å². The molecule has 1 heterocycles. The summed E-state index contributed by atoms with van der Waals surface area (Å²) in [7, 11) is 0. The molecule has 132 valence electrons. The van der Waals surface area contributed by atoms with Gasteiger partial charge in [-0.3, -0.25) is 4.79 Å². The Labute approximate surface area is 147 Å². The summed E-state index contributed by atoms with van der Waals surface area (Å²) >= 11 is 0. The predicted octanol–water partition coefficient (Wildman–Crippen LogP) is 3.20. The molecule has 1 amide bonds. The molecule has 2 aromatic carbocycles. The lowest BCUT2D eigenvalue weighted by Crippen LogP contribution is -2.41. The van der Waals surface area contributed by atoms with Crippen LogP contribution in [0.15, 0.2) is 42.5 Å². The van der Waals surface area contributed by atoms with Gasteiger partial charge >= 0.3 is 0 Å². The molecular weight excluding hydrogens is 318 g/mol. The smallest absolute Gasteiger partial charge is 0.231 e. The van der Waals surface area contributed by atoms with Crippen LogP contribution in [-0.4, -0.2) is 25.9 Å². The highest BCUT2D eigenvalue weighted by Gasteiger charge is 2.29. The van der Waals surface area contributed by atoms with Crippen LogP contribution < -0.4 is 19.5 Å². The highest BCUT2D eigenvalue weighted by molar-refractivity contribution is 5.87. The number of amides is 1.